The number of amides is 1. The number of methoxy groups -OCH3 is 1. The van der Waals surface area contributed by atoms with Gasteiger partial charge in [0.1, 0.15) is 0 Å². The van der Waals surface area contributed by atoms with Crippen molar-refractivity contribution in [3.63, 3.8) is 0 Å². The Hall–Kier alpha value is -1.55. The van der Waals surface area contributed by atoms with E-state index in [1.165, 1.54) is 7.11 Å². The third kappa shape index (κ3) is 4.91. The summed E-state index contributed by atoms with van der Waals surface area (Å²) < 4.78 is 4.55. The number of hydrogen-bond acceptors (Lipinski definition) is 3. The molecule has 0 saturated heterocycles. The first-order valence-electron chi connectivity index (χ1n) is 6.05. The van der Waals surface area contributed by atoms with Crippen LogP contribution in [0.2, 0.25) is 0 Å². The van der Waals surface area contributed by atoms with Crippen LogP contribution in [-0.2, 0) is 15.4 Å². The molecule has 5 heteroatoms. The fraction of sp³-hybridized carbons (Fsp3) is 0.429. The van der Waals surface area contributed by atoms with E-state index < -0.39 is 0 Å². The van der Waals surface area contributed by atoms with E-state index in [2.05, 4.69) is 4.74 Å². The van der Waals surface area contributed by atoms with E-state index >= 15 is 0 Å². The minimum Gasteiger partial charge on any atom is -0.469 e. The summed E-state index contributed by atoms with van der Waals surface area (Å²) in [6, 6.07) is 7.19. The van der Waals surface area contributed by atoms with Crippen molar-refractivity contribution in [1.82, 2.24) is 4.90 Å². The fourth-order valence-corrected chi connectivity index (χ4v) is 1.80. The first-order valence-corrected chi connectivity index (χ1v) is 6.59. The molecule has 1 amide bonds. The van der Waals surface area contributed by atoms with Gasteiger partial charge in [-0.25, -0.2) is 0 Å². The predicted molar refractivity (Wildman–Crippen MR) is 74.2 cm³/mol. The lowest BCUT2D eigenvalue weighted by Gasteiger charge is -2.17. The maximum Gasteiger partial charge on any atom is 0.305 e. The molecule has 1 aromatic rings. The summed E-state index contributed by atoms with van der Waals surface area (Å²) in [5.74, 6) is 0.113. The normalized spacial score (nSPS) is 10.1. The number of esters is 1. The Labute approximate surface area is 118 Å². The molecule has 0 aliphatic rings. The van der Waals surface area contributed by atoms with E-state index in [0.717, 1.165) is 5.56 Å². The molecule has 1 rings (SSSR count). The van der Waals surface area contributed by atoms with Crippen molar-refractivity contribution in [3.05, 3.63) is 35.4 Å². The molecule has 0 saturated carbocycles. The first kappa shape index (κ1) is 15.5. The second kappa shape index (κ2) is 7.79. The number of nitrogens with zero attached hydrogens (tertiary/aromatic N) is 1. The summed E-state index contributed by atoms with van der Waals surface area (Å²) in [5.41, 5.74) is 1.60. The van der Waals surface area contributed by atoms with Crippen molar-refractivity contribution in [2.24, 2.45) is 0 Å². The second-order valence-electron chi connectivity index (χ2n) is 4.24. The number of halogens is 1. The molecule has 104 valence electrons. The van der Waals surface area contributed by atoms with E-state index in [0.29, 0.717) is 30.8 Å². The SMILES string of the molecule is COC(=O)CCCN(C)C(=O)c1ccc(CCl)cc1. The highest BCUT2D eigenvalue weighted by molar-refractivity contribution is 6.17. The molecule has 0 spiro atoms. The summed E-state index contributed by atoms with van der Waals surface area (Å²) in [6.45, 7) is 0.519. The largest absolute Gasteiger partial charge is 0.469 e. The number of alkyl halides is 1. The molecule has 0 N–H and O–H groups in total. The molecule has 0 aliphatic carbocycles. The summed E-state index contributed by atoms with van der Waals surface area (Å²) in [4.78, 5) is 24.6. The maximum atomic E-state index is 12.1. The van der Waals surface area contributed by atoms with Crippen LogP contribution in [0.4, 0.5) is 0 Å². The molecule has 0 radical (unpaired) electrons. The van der Waals surface area contributed by atoms with Gasteiger partial charge in [-0.2, -0.15) is 0 Å². The van der Waals surface area contributed by atoms with Crippen molar-refractivity contribution in [2.75, 3.05) is 20.7 Å². The van der Waals surface area contributed by atoms with E-state index in [1.54, 1.807) is 24.1 Å². The second-order valence-corrected chi connectivity index (χ2v) is 4.50. The standard InChI is InChI=1S/C14H18ClNO3/c1-16(9-3-4-13(17)19-2)14(18)12-7-5-11(10-15)6-8-12/h5-8H,3-4,9-10H2,1-2H3. The maximum absolute atomic E-state index is 12.1. The Bertz CT molecular complexity index is 431. The van der Waals surface area contributed by atoms with Gasteiger partial charge >= 0.3 is 5.97 Å². The smallest absolute Gasteiger partial charge is 0.305 e. The Morgan fingerprint density at radius 2 is 1.89 bits per heavy atom. The Kier molecular flexibility index (Phi) is 6.36. The van der Waals surface area contributed by atoms with Crippen LogP contribution < -0.4 is 0 Å². The molecule has 0 unspecified atom stereocenters. The van der Waals surface area contributed by atoms with E-state index in [-0.39, 0.29) is 11.9 Å². The van der Waals surface area contributed by atoms with Gasteiger partial charge in [0.05, 0.1) is 7.11 Å². The van der Waals surface area contributed by atoms with Gasteiger partial charge in [0, 0.05) is 31.5 Å². The summed E-state index contributed by atoms with van der Waals surface area (Å²) in [6.07, 6.45) is 0.911. The number of rotatable bonds is 6. The third-order valence-corrected chi connectivity index (χ3v) is 3.11. The van der Waals surface area contributed by atoms with Crippen LogP contribution in [0.1, 0.15) is 28.8 Å². The van der Waals surface area contributed by atoms with Crippen LogP contribution in [0.25, 0.3) is 0 Å². The third-order valence-electron chi connectivity index (χ3n) is 2.80. The summed E-state index contributed by atoms with van der Waals surface area (Å²) >= 11 is 5.69. The minimum absolute atomic E-state index is 0.0639. The zero-order valence-electron chi connectivity index (χ0n) is 11.2. The van der Waals surface area contributed by atoms with Crippen molar-refractivity contribution >= 4 is 23.5 Å². The first-order chi connectivity index (χ1) is 9.08. The molecule has 0 aromatic heterocycles. The molecular weight excluding hydrogens is 266 g/mol. The quantitative estimate of drug-likeness (QED) is 0.595. The molecular formula is C14H18ClNO3. The van der Waals surface area contributed by atoms with Crippen LogP contribution in [0.15, 0.2) is 24.3 Å². The zero-order valence-corrected chi connectivity index (χ0v) is 11.9. The number of hydrogen-bond donors (Lipinski definition) is 0. The van der Waals surface area contributed by atoms with E-state index in [9.17, 15) is 9.59 Å². The highest BCUT2D eigenvalue weighted by atomic mass is 35.5. The number of ether oxygens (including phenoxy) is 1. The zero-order chi connectivity index (χ0) is 14.3. The molecule has 0 fully saturated rings. The Morgan fingerprint density at radius 1 is 1.26 bits per heavy atom. The van der Waals surface area contributed by atoms with Crippen LogP contribution in [0, 0.1) is 0 Å². The molecule has 0 heterocycles. The van der Waals surface area contributed by atoms with Crippen LogP contribution in [0.5, 0.6) is 0 Å². The average Bonchev–Trinajstić information content (AvgIpc) is 2.46. The lowest BCUT2D eigenvalue weighted by molar-refractivity contribution is -0.140. The van der Waals surface area contributed by atoms with Crippen LogP contribution in [0.3, 0.4) is 0 Å². The van der Waals surface area contributed by atoms with Gasteiger partial charge in [-0.3, -0.25) is 9.59 Å². The lowest BCUT2D eigenvalue weighted by Crippen LogP contribution is -2.28. The van der Waals surface area contributed by atoms with Gasteiger partial charge in [-0.05, 0) is 24.1 Å². The minimum atomic E-state index is -0.257. The lowest BCUT2D eigenvalue weighted by atomic mass is 10.1. The van der Waals surface area contributed by atoms with Crippen molar-refractivity contribution in [2.45, 2.75) is 18.7 Å². The predicted octanol–water partition coefficient (Wildman–Crippen LogP) is 2.45. The molecule has 0 aliphatic heterocycles. The topological polar surface area (TPSA) is 46.6 Å². The van der Waals surface area contributed by atoms with Crippen molar-refractivity contribution < 1.29 is 14.3 Å². The monoisotopic (exact) mass is 283 g/mol. The van der Waals surface area contributed by atoms with Gasteiger partial charge in [0.2, 0.25) is 0 Å². The van der Waals surface area contributed by atoms with E-state index in [1.807, 2.05) is 12.1 Å². The van der Waals surface area contributed by atoms with Gasteiger partial charge in [0.25, 0.3) is 5.91 Å². The van der Waals surface area contributed by atoms with Crippen LogP contribution in [-0.4, -0.2) is 37.5 Å². The highest BCUT2D eigenvalue weighted by Gasteiger charge is 2.11. The molecule has 4 nitrogen and oxygen atoms in total. The summed E-state index contributed by atoms with van der Waals surface area (Å²) in [7, 11) is 3.07. The van der Waals surface area contributed by atoms with Crippen LogP contribution >= 0.6 is 11.6 Å². The molecule has 1 aromatic carbocycles. The Balaban J connectivity index is 2.49. The molecule has 0 atom stereocenters. The van der Waals surface area contributed by atoms with Crippen molar-refractivity contribution in [1.29, 1.82) is 0 Å². The molecule has 0 bridgehead atoms. The van der Waals surface area contributed by atoms with Gasteiger partial charge in [0.15, 0.2) is 0 Å². The Morgan fingerprint density at radius 3 is 2.42 bits per heavy atom. The van der Waals surface area contributed by atoms with Gasteiger partial charge < -0.3 is 9.64 Å². The van der Waals surface area contributed by atoms with Crippen molar-refractivity contribution in [3.8, 4) is 0 Å². The average molecular weight is 284 g/mol. The number of carbonyl (C=O) groups excluding carboxylic acids is 2. The van der Waals surface area contributed by atoms with Gasteiger partial charge in [-0.1, -0.05) is 12.1 Å². The van der Waals surface area contributed by atoms with Gasteiger partial charge in [-0.15, -0.1) is 11.6 Å². The molecule has 19 heavy (non-hydrogen) atoms. The number of carbonyl (C=O) groups is 2. The number of benzene rings is 1. The fourth-order valence-electron chi connectivity index (χ4n) is 1.62. The highest BCUT2D eigenvalue weighted by Crippen LogP contribution is 2.09. The summed E-state index contributed by atoms with van der Waals surface area (Å²) in [5, 5.41) is 0. The van der Waals surface area contributed by atoms with E-state index in [4.69, 9.17) is 11.6 Å².